The minimum atomic E-state index is -0.411. The Kier molecular flexibility index (Phi) is 4.52. The summed E-state index contributed by atoms with van der Waals surface area (Å²) in [6.07, 6.45) is 1.02. The van der Waals surface area contributed by atoms with Crippen LogP contribution in [0.3, 0.4) is 0 Å². The number of non-ortho nitro benzene ring substituents is 1. The molecule has 3 N–H and O–H groups in total. The van der Waals surface area contributed by atoms with Crippen molar-refractivity contribution < 1.29 is 4.92 Å². The molecule has 7 heteroatoms. The van der Waals surface area contributed by atoms with Crippen LogP contribution < -0.4 is 10.6 Å². The molecule has 0 aliphatic heterocycles. The van der Waals surface area contributed by atoms with Crippen LogP contribution in [0.5, 0.6) is 0 Å². The summed E-state index contributed by atoms with van der Waals surface area (Å²) in [5.41, 5.74) is 0.727. The molecule has 1 atom stereocenters. The molecule has 0 amide bonds. The van der Waals surface area contributed by atoms with E-state index in [9.17, 15) is 10.1 Å². The van der Waals surface area contributed by atoms with Crippen LogP contribution in [0.15, 0.2) is 18.2 Å². The highest BCUT2D eigenvalue weighted by Crippen LogP contribution is 2.24. The summed E-state index contributed by atoms with van der Waals surface area (Å²) < 4.78 is 0. The number of hydrogen-bond donors (Lipinski definition) is 3. The molecule has 7 nitrogen and oxygen atoms in total. The van der Waals surface area contributed by atoms with Crippen LogP contribution in [-0.2, 0) is 0 Å². The molecule has 0 aliphatic carbocycles. The molecule has 1 aromatic heterocycles. The third-order valence-corrected chi connectivity index (χ3v) is 3.26. The summed E-state index contributed by atoms with van der Waals surface area (Å²) >= 11 is 0. The molecule has 0 spiro atoms. The van der Waals surface area contributed by atoms with Crippen LogP contribution >= 0.6 is 0 Å². The molecule has 0 bridgehead atoms. The van der Waals surface area contributed by atoms with E-state index in [1.54, 1.807) is 6.07 Å². The van der Waals surface area contributed by atoms with Crippen LogP contribution in [0.1, 0.15) is 20.3 Å². The number of H-pyrrole nitrogens is 1. The highest BCUT2D eigenvalue weighted by atomic mass is 16.6. The van der Waals surface area contributed by atoms with Crippen LogP contribution in [0, 0.1) is 10.1 Å². The minimum Gasteiger partial charge on any atom is -0.367 e. The standard InChI is InChI=1S/C13H19N5O2/c1-3-9(14-4-2)8-15-13-11-6-5-10(18(19)20)7-12(11)16-17-13/h5-7,9,14H,3-4,8H2,1-2H3,(H2,15,16,17). The molecule has 1 aromatic carbocycles. The zero-order valence-corrected chi connectivity index (χ0v) is 11.6. The molecule has 0 aliphatic rings. The van der Waals surface area contributed by atoms with E-state index in [1.165, 1.54) is 12.1 Å². The highest BCUT2D eigenvalue weighted by Gasteiger charge is 2.12. The van der Waals surface area contributed by atoms with Crippen molar-refractivity contribution in [1.82, 2.24) is 15.5 Å². The summed E-state index contributed by atoms with van der Waals surface area (Å²) in [6, 6.07) is 5.08. The number of anilines is 1. The molecule has 1 unspecified atom stereocenters. The fourth-order valence-corrected chi connectivity index (χ4v) is 2.13. The lowest BCUT2D eigenvalue weighted by Gasteiger charge is -2.16. The summed E-state index contributed by atoms with van der Waals surface area (Å²) in [5.74, 6) is 0.728. The molecule has 2 aromatic rings. The second-order valence-electron chi connectivity index (χ2n) is 4.60. The maximum Gasteiger partial charge on any atom is 0.271 e. The Labute approximate surface area is 116 Å². The Balaban J connectivity index is 2.13. The molecular weight excluding hydrogens is 258 g/mol. The van der Waals surface area contributed by atoms with Gasteiger partial charge < -0.3 is 10.6 Å². The number of benzene rings is 1. The lowest BCUT2D eigenvalue weighted by atomic mass is 10.2. The number of aromatic amines is 1. The first kappa shape index (κ1) is 14.3. The van der Waals surface area contributed by atoms with Crippen molar-refractivity contribution in [3.8, 4) is 0 Å². The molecule has 1 heterocycles. The second kappa shape index (κ2) is 6.33. The Bertz CT molecular complexity index is 595. The molecule has 0 fully saturated rings. The molecule has 0 radical (unpaired) electrons. The zero-order chi connectivity index (χ0) is 14.5. The summed E-state index contributed by atoms with van der Waals surface area (Å²) in [5, 5.41) is 25.2. The van der Waals surface area contributed by atoms with E-state index in [-0.39, 0.29) is 5.69 Å². The van der Waals surface area contributed by atoms with E-state index >= 15 is 0 Å². The number of nitro groups is 1. The third kappa shape index (κ3) is 3.05. The van der Waals surface area contributed by atoms with Crippen molar-refractivity contribution in [1.29, 1.82) is 0 Å². The maximum atomic E-state index is 10.7. The molecule has 0 saturated carbocycles. The van der Waals surface area contributed by atoms with Gasteiger partial charge in [0.15, 0.2) is 5.82 Å². The number of nitrogens with one attached hydrogen (secondary N) is 3. The van der Waals surface area contributed by atoms with Gasteiger partial charge in [0.1, 0.15) is 0 Å². The van der Waals surface area contributed by atoms with Gasteiger partial charge in [0.25, 0.3) is 5.69 Å². The SMILES string of the molecule is CCNC(CC)CNc1n[nH]c2cc([N+](=O)[O-])ccc12. The normalized spacial score (nSPS) is 12.5. The van der Waals surface area contributed by atoms with Gasteiger partial charge in [0, 0.05) is 30.1 Å². The summed E-state index contributed by atoms with van der Waals surface area (Å²) in [6.45, 7) is 5.89. The molecule has 2 rings (SSSR count). The first-order chi connectivity index (χ1) is 9.65. The van der Waals surface area contributed by atoms with Gasteiger partial charge in [-0.25, -0.2) is 0 Å². The fraction of sp³-hybridized carbons (Fsp3) is 0.462. The first-order valence-electron chi connectivity index (χ1n) is 6.75. The van der Waals surface area contributed by atoms with Crippen molar-refractivity contribution in [3.05, 3.63) is 28.3 Å². The van der Waals surface area contributed by atoms with Gasteiger partial charge in [-0.1, -0.05) is 13.8 Å². The van der Waals surface area contributed by atoms with Gasteiger partial charge in [-0.15, -0.1) is 0 Å². The highest BCUT2D eigenvalue weighted by molar-refractivity contribution is 5.91. The number of hydrogen-bond acceptors (Lipinski definition) is 5. The van der Waals surface area contributed by atoms with Crippen molar-refractivity contribution in [2.24, 2.45) is 0 Å². The van der Waals surface area contributed by atoms with Crippen molar-refractivity contribution in [3.63, 3.8) is 0 Å². The predicted molar refractivity (Wildman–Crippen MR) is 79.0 cm³/mol. The van der Waals surface area contributed by atoms with Crippen LogP contribution in [-0.4, -0.2) is 34.3 Å². The van der Waals surface area contributed by atoms with Crippen molar-refractivity contribution in [2.45, 2.75) is 26.3 Å². The number of nitrogens with zero attached hydrogens (tertiary/aromatic N) is 2. The number of nitro benzene ring substituents is 1. The van der Waals surface area contributed by atoms with Crippen LogP contribution in [0.25, 0.3) is 10.9 Å². The van der Waals surface area contributed by atoms with E-state index in [0.29, 0.717) is 11.6 Å². The monoisotopic (exact) mass is 277 g/mol. The lowest BCUT2D eigenvalue weighted by molar-refractivity contribution is -0.384. The Morgan fingerprint density at radius 1 is 1.45 bits per heavy atom. The average Bonchev–Trinajstić information content (AvgIpc) is 2.85. The summed E-state index contributed by atoms with van der Waals surface area (Å²) in [4.78, 5) is 10.3. The quantitative estimate of drug-likeness (QED) is 0.533. The number of fused-ring (bicyclic) bond motifs is 1. The average molecular weight is 277 g/mol. The lowest BCUT2D eigenvalue weighted by Crippen LogP contribution is -2.34. The van der Waals surface area contributed by atoms with Crippen LogP contribution in [0.4, 0.5) is 11.5 Å². The van der Waals surface area contributed by atoms with Gasteiger partial charge in [0.2, 0.25) is 0 Å². The summed E-state index contributed by atoms with van der Waals surface area (Å²) in [7, 11) is 0. The Morgan fingerprint density at radius 3 is 2.90 bits per heavy atom. The largest absolute Gasteiger partial charge is 0.367 e. The smallest absolute Gasteiger partial charge is 0.271 e. The molecular formula is C13H19N5O2. The Morgan fingerprint density at radius 2 is 2.25 bits per heavy atom. The van der Waals surface area contributed by atoms with Gasteiger partial charge in [-0.05, 0) is 19.0 Å². The predicted octanol–water partition coefficient (Wildman–Crippen LogP) is 2.27. The van der Waals surface area contributed by atoms with E-state index in [2.05, 4.69) is 34.7 Å². The van der Waals surface area contributed by atoms with Gasteiger partial charge in [0.05, 0.1) is 10.4 Å². The molecule has 0 saturated heterocycles. The number of aromatic nitrogens is 2. The molecule has 108 valence electrons. The van der Waals surface area contributed by atoms with Crippen molar-refractivity contribution >= 4 is 22.4 Å². The zero-order valence-electron chi connectivity index (χ0n) is 11.6. The third-order valence-electron chi connectivity index (χ3n) is 3.26. The van der Waals surface area contributed by atoms with Gasteiger partial charge in [-0.2, -0.15) is 5.10 Å². The van der Waals surface area contributed by atoms with E-state index in [4.69, 9.17) is 0 Å². The van der Waals surface area contributed by atoms with Crippen molar-refractivity contribution in [2.75, 3.05) is 18.4 Å². The van der Waals surface area contributed by atoms with Gasteiger partial charge >= 0.3 is 0 Å². The van der Waals surface area contributed by atoms with E-state index in [1.807, 2.05) is 0 Å². The fourth-order valence-electron chi connectivity index (χ4n) is 2.13. The second-order valence-corrected chi connectivity index (χ2v) is 4.60. The maximum absolute atomic E-state index is 10.7. The number of likely N-dealkylation sites (N-methyl/N-ethyl adjacent to an activating group) is 1. The topological polar surface area (TPSA) is 95.9 Å². The molecule has 20 heavy (non-hydrogen) atoms. The first-order valence-corrected chi connectivity index (χ1v) is 6.75. The van der Waals surface area contributed by atoms with E-state index < -0.39 is 4.92 Å². The van der Waals surface area contributed by atoms with Gasteiger partial charge in [-0.3, -0.25) is 15.2 Å². The Hall–Kier alpha value is -2.15. The van der Waals surface area contributed by atoms with Crippen LogP contribution in [0.2, 0.25) is 0 Å². The van der Waals surface area contributed by atoms with E-state index in [0.717, 1.165) is 30.7 Å². The number of rotatable bonds is 7. The minimum absolute atomic E-state index is 0.0618.